The molecule has 0 aliphatic carbocycles. The van der Waals surface area contributed by atoms with Crippen LogP contribution in [0, 0.1) is 13.8 Å². The molecule has 0 atom stereocenters. The fourth-order valence-corrected chi connectivity index (χ4v) is 5.05. The van der Waals surface area contributed by atoms with Crippen LogP contribution in [0.15, 0.2) is 35.2 Å². The number of morpholine rings is 1. The molecule has 0 saturated carbocycles. The molecular formula is C19H23N3O5S2. The molecule has 8 nitrogen and oxygen atoms in total. The Hall–Kier alpha value is -2.27. The standard InChI is InChI=1S/C19H23N3O5S2/c1-13-3-5-15(29(25,26)22-7-9-27-10-8-22)11-16(13)21-18(23)12-20-19(24)17-6-4-14(2)28-17/h3-6,11H,7-10,12H2,1-2H3,(H,20,24)(H,21,23). The highest BCUT2D eigenvalue weighted by Crippen LogP contribution is 2.23. The molecule has 1 aliphatic heterocycles. The summed E-state index contributed by atoms with van der Waals surface area (Å²) < 4.78 is 32.2. The Morgan fingerprint density at radius 1 is 1.14 bits per heavy atom. The summed E-state index contributed by atoms with van der Waals surface area (Å²) in [7, 11) is -3.66. The number of aryl methyl sites for hydroxylation is 2. The van der Waals surface area contributed by atoms with Crippen LogP contribution in [-0.2, 0) is 19.6 Å². The maximum absolute atomic E-state index is 12.8. The fourth-order valence-electron chi connectivity index (χ4n) is 2.83. The highest BCUT2D eigenvalue weighted by atomic mass is 32.2. The second-order valence-corrected chi connectivity index (χ2v) is 9.86. The fraction of sp³-hybridized carbons (Fsp3) is 0.368. The number of nitrogens with zero attached hydrogens (tertiary/aromatic N) is 1. The number of sulfonamides is 1. The third-order valence-corrected chi connectivity index (χ3v) is 7.36. The molecule has 3 rings (SSSR count). The number of carbonyl (C=O) groups excluding carboxylic acids is 2. The van der Waals surface area contributed by atoms with E-state index in [0.29, 0.717) is 36.9 Å². The highest BCUT2D eigenvalue weighted by molar-refractivity contribution is 7.89. The van der Waals surface area contributed by atoms with Crippen molar-refractivity contribution in [2.75, 3.05) is 38.2 Å². The Kier molecular flexibility index (Phi) is 6.68. The maximum Gasteiger partial charge on any atom is 0.261 e. The van der Waals surface area contributed by atoms with E-state index in [1.807, 2.05) is 13.0 Å². The van der Waals surface area contributed by atoms with E-state index in [1.54, 1.807) is 19.1 Å². The molecule has 2 heterocycles. The maximum atomic E-state index is 12.8. The van der Waals surface area contributed by atoms with Crippen LogP contribution in [0.1, 0.15) is 20.1 Å². The molecule has 2 N–H and O–H groups in total. The number of rotatable bonds is 6. The highest BCUT2D eigenvalue weighted by Gasteiger charge is 2.27. The summed E-state index contributed by atoms with van der Waals surface area (Å²) in [6.07, 6.45) is 0. The first kappa shape index (κ1) is 21.4. The second-order valence-electron chi connectivity index (χ2n) is 6.63. The third-order valence-electron chi connectivity index (χ3n) is 4.46. The largest absolute Gasteiger partial charge is 0.379 e. The molecule has 1 aromatic heterocycles. The normalized spacial score (nSPS) is 15.1. The lowest BCUT2D eigenvalue weighted by Gasteiger charge is -2.26. The third kappa shape index (κ3) is 5.21. The number of carbonyl (C=O) groups is 2. The minimum Gasteiger partial charge on any atom is -0.379 e. The van der Waals surface area contributed by atoms with Gasteiger partial charge >= 0.3 is 0 Å². The van der Waals surface area contributed by atoms with Crippen LogP contribution in [-0.4, -0.2) is 57.4 Å². The van der Waals surface area contributed by atoms with Crippen molar-refractivity contribution in [1.82, 2.24) is 9.62 Å². The van der Waals surface area contributed by atoms with E-state index in [-0.39, 0.29) is 17.3 Å². The van der Waals surface area contributed by atoms with Gasteiger partial charge in [0.2, 0.25) is 15.9 Å². The summed E-state index contributed by atoms with van der Waals surface area (Å²) in [6.45, 7) is 4.77. The zero-order chi connectivity index (χ0) is 21.0. The summed E-state index contributed by atoms with van der Waals surface area (Å²) in [4.78, 5) is 26.0. The Morgan fingerprint density at radius 3 is 2.52 bits per heavy atom. The second kappa shape index (κ2) is 9.04. The van der Waals surface area contributed by atoms with Crippen molar-refractivity contribution >= 4 is 38.9 Å². The first-order chi connectivity index (χ1) is 13.8. The predicted octanol–water partition coefficient (Wildman–Crippen LogP) is 1.75. The lowest BCUT2D eigenvalue weighted by Crippen LogP contribution is -2.40. The Bertz CT molecular complexity index is 1010. The molecule has 1 aliphatic rings. The van der Waals surface area contributed by atoms with Gasteiger partial charge in [0.05, 0.1) is 29.5 Å². The average molecular weight is 438 g/mol. The molecule has 0 radical (unpaired) electrons. The first-order valence-corrected chi connectivity index (χ1v) is 11.4. The molecule has 2 aromatic rings. The zero-order valence-corrected chi connectivity index (χ0v) is 17.9. The SMILES string of the molecule is Cc1ccc(C(=O)NCC(=O)Nc2cc(S(=O)(=O)N3CCOCC3)ccc2C)s1. The molecule has 10 heteroatoms. The monoisotopic (exact) mass is 437 g/mol. The number of hydrogen-bond donors (Lipinski definition) is 2. The summed E-state index contributed by atoms with van der Waals surface area (Å²) in [5.41, 5.74) is 1.12. The Balaban J connectivity index is 1.66. The number of anilines is 1. The average Bonchev–Trinajstić information content (AvgIpc) is 3.15. The van der Waals surface area contributed by atoms with Crippen LogP contribution in [0.5, 0.6) is 0 Å². The van der Waals surface area contributed by atoms with E-state index in [1.165, 1.54) is 27.8 Å². The first-order valence-electron chi connectivity index (χ1n) is 9.10. The van der Waals surface area contributed by atoms with Gasteiger partial charge in [-0.05, 0) is 43.7 Å². The van der Waals surface area contributed by atoms with Crippen molar-refractivity contribution in [2.24, 2.45) is 0 Å². The van der Waals surface area contributed by atoms with Crippen LogP contribution >= 0.6 is 11.3 Å². The molecular weight excluding hydrogens is 414 g/mol. The van der Waals surface area contributed by atoms with E-state index in [4.69, 9.17) is 4.74 Å². The quantitative estimate of drug-likeness (QED) is 0.717. The Labute approximate surface area is 173 Å². The number of amides is 2. The van der Waals surface area contributed by atoms with Crippen molar-refractivity contribution in [1.29, 1.82) is 0 Å². The van der Waals surface area contributed by atoms with Gasteiger partial charge in [0.25, 0.3) is 5.91 Å². The van der Waals surface area contributed by atoms with Crippen LogP contribution < -0.4 is 10.6 Å². The molecule has 2 amide bonds. The van der Waals surface area contributed by atoms with Crippen molar-refractivity contribution < 1.29 is 22.7 Å². The van der Waals surface area contributed by atoms with Crippen LogP contribution in [0.4, 0.5) is 5.69 Å². The van der Waals surface area contributed by atoms with E-state index >= 15 is 0 Å². The summed E-state index contributed by atoms with van der Waals surface area (Å²) >= 11 is 1.35. The van der Waals surface area contributed by atoms with E-state index in [2.05, 4.69) is 10.6 Å². The molecule has 0 unspecified atom stereocenters. The predicted molar refractivity (Wildman–Crippen MR) is 111 cm³/mol. The van der Waals surface area contributed by atoms with Crippen LogP contribution in [0.3, 0.4) is 0 Å². The summed E-state index contributed by atoms with van der Waals surface area (Å²) in [6, 6.07) is 8.16. The smallest absolute Gasteiger partial charge is 0.261 e. The van der Waals surface area contributed by atoms with Crippen LogP contribution in [0.2, 0.25) is 0 Å². The molecule has 156 valence electrons. The van der Waals surface area contributed by atoms with Gasteiger partial charge in [0, 0.05) is 23.7 Å². The topological polar surface area (TPSA) is 105 Å². The van der Waals surface area contributed by atoms with Gasteiger partial charge in [0.1, 0.15) is 0 Å². The zero-order valence-electron chi connectivity index (χ0n) is 16.2. The number of hydrogen-bond acceptors (Lipinski definition) is 6. The minimum absolute atomic E-state index is 0.110. The number of benzene rings is 1. The summed E-state index contributed by atoms with van der Waals surface area (Å²) in [5.74, 6) is -0.755. The minimum atomic E-state index is -3.66. The number of nitrogens with one attached hydrogen (secondary N) is 2. The van der Waals surface area contributed by atoms with Crippen molar-refractivity contribution in [3.63, 3.8) is 0 Å². The van der Waals surface area contributed by atoms with E-state index in [9.17, 15) is 18.0 Å². The van der Waals surface area contributed by atoms with E-state index < -0.39 is 15.9 Å². The van der Waals surface area contributed by atoms with Crippen molar-refractivity contribution in [3.05, 3.63) is 45.6 Å². The van der Waals surface area contributed by atoms with Gasteiger partial charge in [0.15, 0.2) is 0 Å². The molecule has 29 heavy (non-hydrogen) atoms. The van der Waals surface area contributed by atoms with Crippen molar-refractivity contribution in [2.45, 2.75) is 18.7 Å². The molecule has 1 saturated heterocycles. The Morgan fingerprint density at radius 2 is 1.86 bits per heavy atom. The summed E-state index contributed by atoms with van der Waals surface area (Å²) in [5, 5.41) is 5.25. The molecule has 0 spiro atoms. The lowest BCUT2D eigenvalue weighted by atomic mass is 10.2. The van der Waals surface area contributed by atoms with Crippen molar-refractivity contribution in [3.8, 4) is 0 Å². The molecule has 1 aromatic carbocycles. The van der Waals surface area contributed by atoms with Gasteiger partial charge in [-0.1, -0.05) is 6.07 Å². The van der Waals surface area contributed by atoms with Crippen LogP contribution in [0.25, 0.3) is 0 Å². The van der Waals surface area contributed by atoms with E-state index in [0.717, 1.165) is 10.4 Å². The number of ether oxygens (including phenoxy) is 1. The van der Waals surface area contributed by atoms with Gasteiger partial charge in [-0.3, -0.25) is 9.59 Å². The van der Waals surface area contributed by atoms with Gasteiger partial charge in [-0.15, -0.1) is 11.3 Å². The van der Waals surface area contributed by atoms with Gasteiger partial charge < -0.3 is 15.4 Å². The van der Waals surface area contributed by atoms with Gasteiger partial charge in [-0.25, -0.2) is 8.42 Å². The molecule has 1 fully saturated rings. The van der Waals surface area contributed by atoms with Gasteiger partial charge in [-0.2, -0.15) is 4.31 Å². The number of thiophene rings is 1. The lowest BCUT2D eigenvalue weighted by molar-refractivity contribution is -0.115. The molecule has 0 bridgehead atoms.